The lowest BCUT2D eigenvalue weighted by atomic mass is 9.85. The molecule has 1 aliphatic heterocycles. The van der Waals surface area contributed by atoms with Crippen molar-refractivity contribution in [2.24, 2.45) is 12.8 Å². The molecule has 1 aromatic rings. The summed E-state index contributed by atoms with van der Waals surface area (Å²) in [6.07, 6.45) is 1.27. The first-order valence-corrected chi connectivity index (χ1v) is 7.22. The fourth-order valence-corrected chi connectivity index (χ4v) is 3.27. The zero-order chi connectivity index (χ0) is 15.2. The molecule has 5 heteroatoms. The molecule has 1 aromatic heterocycles. The first-order chi connectivity index (χ1) is 9.14. The number of rotatable bonds is 1. The lowest BCUT2D eigenvalue weighted by molar-refractivity contribution is -0.144. The highest BCUT2D eigenvalue weighted by Gasteiger charge is 2.42. The van der Waals surface area contributed by atoms with Crippen LogP contribution in [0.15, 0.2) is 0 Å². The van der Waals surface area contributed by atoms with Crippen LogP contribution in [0, 0.1) is 13.8 Å². The van der Waals surface area contributed by atoms with Crippen molar-refractivity contribution < 1.29 is 4.79 Å². The van der Waals surface area contributed by atoms with E-state index in [9.17, 15) is 4.79 Å². The van der Waals surface area contributed by atoms with E-state index < -0.39 is 0 Å². The molecule has 2 rings (SSSR count). The van der Waals surface area contributed by atoms with E-state index in [1.165, 1.54) is 0 Å². The highest BCUT2D eigenvalue weighted by molar-refractivity contribution is 5.79. The van der Waals surface area contributed by atoms with E-state index >= 15 is 0 Å². The molecule has 0 saturated carbocycles. The molecule has 1 aliphatic rings. The zero-order valence-electron chi connectivity index (χ0n) is 13.4. The molecule has 0 spiro atoms. The second-order valence-electron chi connectivity index (χ2n) is 6.79. The number of carbonyl (C=O) groups excluding carboxylic acids is 1. The van der Waals surface area contributed by atoms with Gasteiger partial charge in [0.05, 0.1) is 11.7 Å². The van der Waals surface area contributed by atoms with Gasteiger partial charge in [0.2, 0.25) is 5.91 Å². The summed E-state index contributed by atoms with van der Waals surface area (Å²) in [5.41, 5.74) is 9.31. The van der Waals surface area contributed by atoms with Crippen LogP contribution in [0.1, 0.15) is 56.6 Å². The quantitative estimate of drug-likeness (QED) is 0.852. The van der Waals surface area contributed by atoms with Gasteiger partial charge in [0.25, 0.3) is 0 Å². The third kappa shape index (κ3) is 2.35. The van der Waals surface area contributed by atoms with Gasteiger partial charge in [-0.15, -0.1) is 0 Å². The van der Waals surface area contributed by atoms with E-state index in [1.54, 1.807) is 0 Å². The second kappa shape index (κ2) is 4.88. The number of hydrogen-bond acceptors (Lipinski definition) is 3. The van der Waals surface area contributed by atoms with E-state index in [2.05, 4.69) is 25.9 Å². The van der Waals surface area contributed by atoms with Crippen molar-refractivity contribution in [3.8, 4) is 0 Å². The fraction of sp³-hybridized carbons (Fsp3) is 0.733. The smallest absolute Gasteiger partial charge is 0.223 e. The monoisotopic (exact) mass is 278 g/mol. The summed E-state index contributed by atoms with van der Waals surface area (Å²) >= 11 is 0. The molecule has 112 valence electrons. The minimum absolute atomic E-state index is 0.0338. The van der Waals surface area contributed by atoms with Crippen LogP contribution in [-0.4, -0.2) is 32.2 Å². The molecule has 2 unspecified atom stereocenters. The van der Waals surface area contributed by atoms with E-state index in [0.29, 0.717) is 6.42 Å². The van der Waals surface area contributed by atoms with Gasteiger partial charge in [0.15, 0.2) is 0 Å². The molecule has 0 bridgehead atoms. The molecule has 1 amide bonds. The molecule has 20 heavy (non-hydrogen) atoms. The number of aromatic nitrogens is 2. The van der Waals surface area contributed by atoms with E-state index in [1.807, 2.05) is 30.5 Å². The fourth-order valence-electron chi connectivity index (χ4n) is 3.27. The molecule has 2 heterocycles. The van der Waals surface area contributed by atoms with Crippen molar-refractivity contribution in [1.82, 2.24) is 14.7 Å². The van der Waals surface area contributed by atoms with Gasteiger partial charge in [-0.3, -0.25) is 9.48 Å². The van der Waals surface area contributed by atoms with Crippen molar-refractivity contribution in [2.45, 2.75) is 65.1 Å². The maximum absolute atomic E-state index is 12.4. The van der Waals surface area contributed by atoms with Gasteiger partial charge in [-0.1, -0.05) is 0 Å². The van der Waals surface area contributed by atoms with Gasteiger partial charge in [-0.05, 0) is 41.0 Å². The molecular formula is C15H26N4O. The lowest BCUT2D eigenvalue weighted by Gasteiger charge is -2.47. The average molecular weight is 278 g/mol. The molecule has 5 nitrogen and oxygen atoms in total. The van der Waals surface area contributed by atoms with Gasteiger partial charge in [0.1, 0.15) is 0 Å². The van der Waals surface area contributed by atoms with E-state index in [0.717, 1.165) is 23.4 Å². The average Bonchev–Trinajstić information content (AvgIpc) is 2.55. The predicted octanol–water partition coefficient (Wildman–Crippen LogP) is 1.83. The summed E-state index contributed by atoms with van der Waals surface area (Å²) in [5.74, 6) is 0.187. The maximum Gasteiger partial charge on any atom is 0.223 e. The first kappa shape index (κ1) is 15.0. The topological polar surface area (TPSA) is 64.2 Å². The van der Waals surface area contributed by atoms with Crippen LogP contribution in [0.25, 0.3) is 0 Å². The summed E-state index contributed by atoms with van der Waals surface area (Å²) in [6.45, 7) is 10.2. The lowest BCUT2D eigenvalue weighted by Crippen LogP contribution is -2.56. The second-order valence-corrected chi connectivity index (χ2v) is 6.79. The van der Waals surface area contributed by atoms with Crippen LogP contribution >= 0.6 is 0 Å². The molecule has 1 saturated heterocycles. The van der Waals surface area contributed by atoms with Crippen LogP contribution in [0.3, 0.4) is 0 Å². The van der Waals surface area contributed by atoms with Gasteiger partial charge in [0, 0.05) is 36.3 Å². The van der Waals surface area contributed by atoms with E-state index in [4.69, 9.17) is 5.73 Å². The van der Waals surface area contributed by atoms with E-state index in [-0.39, 0.29) is 23.5 Å². The van der Waals surface area contributed by atoms with Gasteiger partial charge in [-0.25, -0.2) is 0 Å². The Labute approximate surface area is 121 Å². The largest absolute Gasteiger partial charge is 0.329 e. The Bertz CT molecular complexity index is 527. The number of aryl methyl sites for hydroxylation is 2. The SMILES string of the molecule is Cc1nn(C)c(C)c1C1C(N)CCC(=O)N1C(C)(C)C. The molecule has 0 radical (unpaired) electrons. The third-order valence-corrected chi connectivity index (χ3v) is 4.23. The molecule has 0 aliphatic carbocycles. The van der Waals surface area contributed by atoms with Crippen molar-refractivity contribution in [3.63, 3.8) is 0 Å². The highest BCUT2D eigenvalue weighted by atomic mass is 16.2. The number of amides is 1. The summed E-state index contributed by atoms with van der Waals surface area (Å²) in [4.78, 5) is 14.4. The highest BCUT2D eigenvalue weighted by Crippen LogP contribution is 2.38. The molecule has 1 fully saturated rings. The molecule has 2 N–H and O–H groups in total. The Kier molecular flexibility index (Phi) is 3.67. The number of hydrogen-bond donors (Lipinski definition) is 1. The first-order valence-electron chi connectivity index (χ1n) is 7.22. The Balaban J connectivity index is 2.56. The van der Waals surface area contributed by atoms with Gasteiger partial charge in [-0.2, -0.15) is 5.10 Å². The molecule has 2 atom stereocenters. The number of likely N-dealkylation sites (tertiary alicyclic amines) is 1. The number of nitrogens with zero attached hydrogens (tertiary/aromatic N) is 3. The Morgan fingerprint density at radius 3 is 2.35 bits per heavy atom. The number of piperidine rings is 1. The van der Waals surface area contributed by atoms with Crippen LogP contribution in [-0.2, 0) is 11.8 Å². The summed E-state index contributed by atoms with van der Waals surface area (Å²) in [5, 5.41) is 4.48. The Morgan fingerprint density at radius 2 is 1.90 bits per heavy atom. The van der Waals surface area contributed by atoms with Gasteiger partial charge < -0.3 is 10.6 Å². The third-order valence-electron chi connectivity index (χ3n) is 4.23. The summed E-state index contributed by atoms with van der Waals surface area (Å²) in [7, 11) is 1.93. The molecule has 0 aromatic carbocycles. The van der Waals surface area contributed by atoms with Crippen molar-refractivity contribution in [1.29, 1.82) is 0 Å². The zero-order valence-corrected chi connectivity index (χ0v) is 13.4. The van der Waals surface area contributed by atoms with Crippen LogP contribution in [0.2, 0.25) is 0 Å². The normalized spacial score (nSPS) is 24.4. The maximum atomic E-state index is 12.4. The minimum atomic E-state index is -0.242. The summed E-state index contributed by atoms with van der Waals surface area (Å²) < 4.78 is 1.87. The number of carbonyl (C=O) groups is 1. The Hall–Kier alpha value is -1.36. The van der Waals surface area contributed by atoms with Crippen molar-refractivity contribution in [3.05, 3.63) is 17.0 Å². The number of nitrogens with two attached hydrogens (primary N) is 1. The molecular weight excluding hydrogens is 252 g/mol. The summed E-state index contributed by atoms with van der Waals surface area (Å²) in [6, 6.07) is -0.113. The van der Waals surface area contributed by atoms with Crippen LogP contribution < -0.4 is 5.73 Å². The predicted molar refractivity (Wildman–Crippen MR) is 79.2 cm³/mol. The minimum Gasteiger partial charge on any atom is -0.329 e. The Morgan fingerprint density at radius 1 is 1.30 bits per heavy atom. The van der Waals surface area contributed by atoms with Crippen molar-refractivity contribution in [2.75, 3.05) is 0 Å². The van der Waals surface area contributed by atoms with Crippen LogP contribution in [0.5, 0.6) is 0 Å². The van der Waals surface area contributed by atoms with Gasteiger partial charge >= 0.3 is 0 Å². The van der Waals surface area contributed by atoms with Crippen molar-refractivity contribution >= 4 is 5.91 Å². The standard InChI is InChI=1S/C15H26N4O/c1-9-13(10(2)18(6)17-9)14-11(16)7-8-12(20)19(14)15(3,4)5/h11,14H,7-8,16H2,1-6H3. The van der Waals surface area contributed by atoms with Crippen LogP contribution in [0.4, 0.5) is 0 Å².